The van der Waals surface area contributed by atoms with Gasteiger partial charge in [-0.2, -0.15) is 0 Å². The van der Waals surface area contributed by atoms with Crippen LogP contribution in [-0.2, 0) is 11.2 Å². The van der Waals surface area contributed by atoms with Gasteiger partial charge in [0.2, 0.25) is 0 Å². The number of halogens is 2. The van der Waals surface area contributed by atoms with Crippen molar-refractivity contribution in [2.24, 2.45) is 0 Å². The Hall–Kier alpha value is -0.450. The van der Waals surface area contributed by atoms with Crippen molar-refractivity contribution in [1.82, 2.24) is 5.32 Å². The van der Waals surface area contributed by atoms with Gasteiger partial charge in [-0.3, -0.25) is 0 Å². The van der Waals surface area contributed by atoms with E-state index in [4.69, 9.17) is 4.74 Å². The van der Waals surface area contributed by atoms with Crippen LogP contribution in [0.25, 0.3) is 0 Å². The maximum Gasteiger partial charge on any atom is 0.126 e. The fourth-order valence-electron chi connectivity index (χ4n) is 2.05. The van der Waals surface area contributed by atoms with Gasteiger partial charge in [-0.15, -0.1) is 0 Å². The van der Waals surface area contributed by atoms with Crippen LogP contribution in [0.15, 0.2) is 22.7 Å². The number of hydrogen-bond donors (Lipinski definition) is 1. The predicted octanol–water partition coefficient (Wildman–Crippen LogP) is 3.92. The normalized spacial score (nSPS) is 14.4. The van der Waals surface area contributed by atoms with Gasteiger partial charge in [0.25, 0.3) is 0 Å². The van der Waals surface area contributed by atoms with Gasteiger partial charge < -0.3 is 10.1 Å². The number of ether oxygens (including phenoxy) is 1. The molecular weight excluding hydrogens is 309 g/mol. The van der Waals surface area contributed by atoms with Gasteiger partial charge in [0.1, 0.15) is 5.82 Å². The van der Waals surface area contributed by atoms with Crippen LogP contribution in [0.3, 0.4) is 0 Å². The average Bonchev–Trinajstić information content (AvgIpc) is 2.39. The number of benzene rings is 1. The van der Waals surface area contributed by atoms with Crippen molar-refractivity contribution in [1.29, 1.82) is 0 Å². The summed E-state index contributed by atoms with van der Waals surface area (Å²) in [5, 5.41) is 3.47. The van der Waals surface area contributed by atoms with E-state index in [0.717, 1.165) is 29.4 Å². The molecule has 2 unspecified atom stereocenters. The van der Waals surface area contributed by atoms with Gasteiger partial charge in [0, 0.05) is 17.6 Å². The Morgan fingerprint density at radius 3 is 2.79 bits per heavy atom. The number of methoxy groups -OCH3 is 1. The van der Waals surface area contributed by atoms with E-state index in [1.807, 2.05) is 13.0 Å². The summed E-state index contributed by atoms with van der Waals surface area (Å²) in [7, 11) is 1.71. The van der Waals surface area contributed by atoms with Crippen LogP contribution < -0.4 is 5.32 Å². The topological polar surface area (TPSA) is 21.3 Å². The van der Waals surface area contributed by atoms with E-state index in [0.29, 0.717) is 6.42 Å². The SMILES string of the molecule is CCCNC(Cc1cc(Br)ccc1F)CC(C)OC. The third-order valence-corrected chi connectivity index (χ3v) is 3.67. The monoisotopic (exact) mass is 331 g/mol. The molecule has 0 saturated carbocycles. The Bertz CT molecular complexity index is 386. The molecule has 0 aliphatic heterocycles. The van der Waals surface area contributed by atoms with E-state index in [1.54, 1.807) is 13.2 Å². The molecule has 0 radical (unpaired) electrons. The van der Waals surface area contributed by atoms with Crippen LogP contribution in [0.1, 0.15) is 32.3 Å². The van der Waals surface area contributed by atoms with Crippen molar-refractivity contribution >= 4 is 15.9 Å². The van der Waals surface area contributed by atoms with Crippen LogP contribution in [-0.4, -0.2) is 25.8 Å². The Kier molecular flexibility index (Phi) is 7.57. The van der Waals surface area contributed by atoms with Crippen molar-refractivity contribution in [3.63, 3.8) is 0 Å². The molecular formula is C15H23BrFNO. The van der Waals surface area contributed by atoms with E-state index >= 15 is 0 Å². The quantitative estimate of drug-likeness (QED) is 0.779. The van der Waals surface area contributed by atoms with Crippen molar-refractivity contribution < 1.29 is 9.13 Å². The molecule has 0 saturated heterocycles. The molecule has 0 bridgehead atoms. The van der Waals surface area contributed by atoms with Crippen molar-refractivity contribution in [3.05, 3.63) is 34.1 Å². The molecule has 0 fully saturated rings. The van der Waals surface area contributed by atoms with Crippen LogP contribution >= 0.6 is 15.9 Å². The van der Waals surface area contributed by atoms with E-state index in [9.17, 15) is 4.39 Å². The summed E-state index contributed by atoms with van der Waals surface area (Å²) in [5.41, 5.74) is 0.742. The summed E-state index contributed by atoms with van der Waals surface area (Å²) in [5.74, 6) is -0.142. The Morgan fingerprint density at radius 1 is 1.42 bits per heavy atom. The largest absolute Gasteiger partial charge is 0.382 e. The molecule has 0 aliphatic rings. The Balaban J connectivity index is 2.71. The summed E-state index contributed by atoms with van der Waals surface area (Å²) >= 11 is 3.39. The summed E-state index contributed by atoms with van der Waals surface area (Å²) in [6.07, 6.45) is 2.80. The molecule has 1 N–H and O–H groups in total. The van der Waals surface area contributed by atoms with Crippen molar-refractivity contribution in [2.75, 3.05) is 13.7 Å². The minimum Gasteiger partial charge on any atom is -0.382 e. The lowest BCUT2D eigenvalue weighted by Gasteiger charge is -2.22. The maximum atomic E-state index is 13.8. The van der Waals surface area contributed by atoms with Crippen LogP contribution in [0, 0.1) is 5.82 Å². The Morgan fingerprint density at radius 2 is 2.16 bits per heavy atom. The van der Waals surface area contributed by atoms with E-state index in [2.05, 4.69) is 28.2 Å². The second kappa shape index (κ2) is 8.67. The first kappa shape index (κ1) is 16.6. The summed E-state index contributed by atoms with van der Waals surface area (Å²) < 4.78 is 20.0. The first-order valence-electron chi connectivity index (χ1n) is 6.76. The lowest BCUT2D eigenvalue weighted by Crippen LogP contribution is -2.35. The number of hydrogen-bond acceptors (Lipinski definition) is 2. The molecule has 0 amide bonds. The fourth-order valence-corrected chi connectivity index (χ4v) is 2.46. The first-order valence-corrected chi connectivity index (χ1v) is 7.56. The zero-order valence-corrected chi connectivity index (χ0v) is 13.5. The number of nitrogens with one attached hydrogen (secondary N) is 1. The lowest BCUT2D eigenvalue weighted by molar-refractivity contribution is 0.100. The third-order valence-electron chi connectivity index (χ3n) is 3.18. The standard InChI is InChI=1S/C15H23BrFNO/c1-4-7-18-14(8-11(2)19-3)10-12-9-13(16)5-6-15(12)17/h5-6,9,11,14,18H,4,7-8,10H2,1-3H3. The molecule has 0 aliphatic carbocycles. The molecule has 1 rings (SSSR count). The lowest BCUT2D eigenvalue weighted by atomic mass is 10.0. The summed E-state index contributed by atoms with van der Waals surface area (Å²) in [6.45, 7) is 5.11. The van der Waals surface area contributed by atoms with Gasteiger partial charge in [0.15, 0.2) is 0 Å². The van der Waals surface area contributed by atoms with Gasteiger partial charge in [-0.25, -0.2) is 4.39 Å². The van der Waals surface area contributed by atoms with Crippen LogP contribution in [0.5, 0.6) is 0 Å². The van der Waals surface area contributed by atoms with E-state index < -0.39 is 0 Å². The maximum absolute atomic E-state index is 13.8. The molecule has 1 aromatic carbocycles. The van der Waals surface area contributed by atoms with Crippen molar-refractivity contribution in [2.45, 2.75) is 45.3 Å². The molecule has 1 aromatic rings. The molecule has 0 spiro atoms. The molecule has 2 nitrogen and oxygen atoms in total. The highest BCUT2D eigenvalue weighted by atomic mass is 79.9. The van der Waals surface area contributed by atoms with Gasteiger partial charge in [0.05, 0.1) is 6.10 Å². The van der Waals surface area contributed by atoms with Crippen LogP contribution in [0.4, 0.5) is 4.39 Å². The first-order chi connectivity index (χ1) is 9.06. The molecule has 0 aromatic heterocycles. The highest BCUT2D eigenvalue weighted by Crippen LogP contribution is 2.18. The number of rotatable bonds is 8. The molecule has 2 atom stereocenters. The van der Waals surface area contributed by atoms with Crippen molar-refractivity contribution in [3.8, 4) is 0 Å². The second-order valence-electron chi connectivity index (χ2n) is 4.87. The summed E-state index contributed by atoms with van der Waals surface area (Å²) in [4.78, 5) is 0. The third kappa shape index (κ3) is 6.02. The van der Waals surface area contributed by atoms with Gasteiger partial charge in [-0.05, 0) is 56.5 Å². The Labute approximate surface area is 123 Å². The second-order valence-corrected chi connectivity index (χ2v) is 5.79. The molecule has 108 valence electrons. The van der Waals surface area contributed by atoms with E-state index in [1.165, 1.54) is 6.07 Å². The zero-order chi connectivity index (χ0) is 14.3. The minimum atomic E-state index is -0.142. The highest BCUT2D eigenvalue weighted by molar-refractivity contribution is 9.10. The molecule has 4 heteroatoms. The van der Waals surface area contributed by atoms with Crippen LogP contribution in [0.2, 0.25) is 0 Å². The predicted molar refractivity (Wildman–Crippen MR) is 81.0 cm³/mol. The molecule has 0 heterocycles. The zero-order valence-electron chi connectivity index (χ0n) is 11.9. The highest BCUT2D eigenvalue weighted by Gasteiger charge is 2.15. The van der Waals surface area contributed by atoms with E-state index in [-0.39, 0.29) is 18.0 Å². The van der Waals surface area contributed by atoms with Gasteiger partial charge in [-0.1, -0.05) is 22.9 Å². The van der Waals surface area contributed by atoms with Gasteiger partial charge >= 0.3 is 0 Å². The molecule has 19 heavy (non-hydrogen) atoms. The minimum absolute atomic E-state index is 0.142. The average molecular weight is 332 g/mol. The summed E-state index contributed by atoms with van der Waals surface area (Å²) in [6, 6.07) is 5.33. The fraction of sp³-hybridized carbons (Fsp3) is 0.600. The smallest absolute Gasteiger partial charge is 0.126 e.